The minimum Gasteiger partial charge on any atom is -0.376 e. The molecule has 1 saturated heterocycles. The summed E-state index contributed by atoms with van der Waals surface area (Å²) in [4.78, 5) is 33.4. The van der Waals surface area contributed by atoms with E-state index in [9.17, 15) is 9.59 Å². The quantitative estimate of drug-likeness (QED) is 0.232. The molecule has 0 N–H and O–H groups in total. The number of thiophene rings is 1. The Balaban J connectivity index is 1.50. The third kappa shape index (κ3) is 8.27. The molecule has 2 amide bonds. The van der Waals surface area contributed by atoms with E-state index in [0.29, 0.717) is 31.8 Å². The Morgan fingerprint density at radius 2 is 1.71 bits per heavy atom. The first-order valence-electron chi connectivity index (χ1n) is 13.9. The van der Waals surface area contributed by atoms with Gasteiger partial charge < -0.3 is 14.5 Å². The summed E-state index contributed by atoms with van der Waals surface area (Å²) >= 11 is 1.71. The second kappa shape index (κ2) is 14.3. The molecule has 2 heterocycles. The van der Waals surface area contributed by atoms with Gasteiger partial charge in [-0.2, -0.15) is 0 Å². The van der Waals surface area contributed by atoms with Gasteiger partial charge >= 0.3 is 0 Å². The highest BCUT2D eigenvalue weighted by Gasteiger charge is 2.27. The molecule has 38 heavy (non-hydrogen) atoms. The number of carbonyl (C=O) groups excluding carboxylic acids is 2. The molecule has 202 valence electrons. The molecule has 0 saturated carbocycles. The second-order valence-electron chi connectivity index (χ2n) is 10.2. The number of unbranched alkanes of at least 4 members (excludes halogenated alkanes) is 2. The number of carbonyl (C=O) groups is 2. The number of hydrogen-bond donors (Lipinski definition) is 0. The van der Waals surface area contributed by atoms with Gasteiger partial charge in [-0.15, -0.1) is 11.3 Å². The molecule has 0 aliphatic carbocycles. The van der Waals surface area contributed by atoms with Crippen LogP contribution in [0, 0.1) is 6.92 Å². The van der Waals surface area contributed by atoms with Crippen molar-refractivity contribution < 1.29 is 14.3 Å². The summed E-state index contributed by atoms with van der Waals surface area (Å²) < 4.78 is 5.86. The molecular formula is C32H40N2O3S. The Morgan fingerprint density at radius 1 is 0.921 bits per heavy atom. The fourth-order valence-electron chi connectivity index (χ4n) is 4.89. The van der Waals surface area contributed by atoms with Crippen molar-refractivity contribution in [3.63, 3.8) is 0 Å². The van der Waals surface area contributed by atoms with Crippen molar-refractivity contribution in [1.82, 2.24) is 9.80 Å². The Kier molecular flexibility index (Phi) is 10.5. The lowest BCUT2D eigenvalue weighted by molar-refractivity contribution is -0.133. The van der Waals surface area contributed by atoms with Gasteiger partial charge in [-0.05, 0) is 68.0 Å². The summed E-state index contributed by atoms with van der Waals surface area (Å²) in [5.74, 6) is -0.164. The van der Waals surface area contributed by atoms with Crippen LogP contribution in [0.2, 0.25) is 0 Å². The lowest BCUT2D eigenvalue weighted by Crippen LogP contribution is -2.45. The van der Waals surface area contributed by atoms with Gasteiger partial charge in [0.05, 0.1) is 12.6 Å². The van der Waals surface area contributed by atoms with Crippen LogP contribution in [0.4, 0.5) is 0 Å². The molecule has 0 unspecified atom stereocenters. The van der Waals surface area contributed by atoms with Gasteiger partial charge in [0, 0.05) is 35.0 Å². The molecule has 1 aromatic heterocycles. The molecule has 2 aromatic carbocycles. The third-order valence-electron chi connectivity index (χ3n) is 7.04. The van der Waals surface area contributed by atoms with Gasteiger partial charge in [0.25, 0.3) is 5.91 Å². The maximum Gasteiger partial charge on any atom is 0.254 e. The van der Waals surface area contributed by atoms with Gasteiger partial charge in [-0.3, -0.25) is 9.59 Å². The minimum absolute atomic E-state index is 0.0254. The van der Waals surface area contributed by atoms with Crippen LogP contribution in [0.15, 0.2) is 66.7 Å². The van der Waals surface area contributed by atoms with E-state index in [2.05, 4.69) is 38.1 Å². The lowest BCUT2D eigenvalue weighted by atomic mass is 10.0. The summed E-state index contributed by atoms with van der Waals surface area (Å²) in [5.41, 5.74) is 2.94. The van der Waals surface area contributed by atoms with E-state index in [1.807, 2.05) is 47.4 Å². The first-order valence-corrected chi connectivity index (χ1v) is 14.7. The highest BCUT2D eigenvalue weighted by molar-refractivity contribution is 7.11. The predicted octanol–water partition coefficient (Wildman–Crippen LogP) is 6.64. The van der Waals surface area contributed by atoms with Crippen molar-refractivity contribution in [3.8, 4) is 0 Å². The highest BCUT2D eigenvalue weighted by atomic mass is 32.1. The first-order chi connectivity index (χ1) is 18.5. The Labute approximate surface area is 231 Å². The molecular weight excluding hydrogens is 492 g/mol. The number of hydrogen-bond acceptors (Lipinski definition) is 4. The van der Waals surface area contributed by atoms with Crippen LogP contribution in [0.5, 0.6) is 0 Å². The maximum atomic E-state index is 13.8. The molecule has 0 radical (unpaired) electrons. The van der Waals surface area contributed by atoms with Gasteiger partial charge in [0.2, 0.25) is 5.91 Å². The van der Waals surface area contributed by atoms with Crippen molar-refractivity contribution in [1.29, 1.82) is 0 Å². The summed E-state index contributed by atoms with van der Waals surface area (Å²) in [6, 6.07) is 22.1. The number of nitrogens with zero attached hydrogens (tertiary/aromatic N) is 2. The molecule has 0 spiro atoms. The molecule has 1 aliphatic rings. The number of ether oxygens (including phenoxy) is 1. The Bertz CT molecular complexity index is 1150. The summed E-state index contributed by atoms with van der Waals surface area (Å²) in [6.45, 7) is 6.49. The van der Waals surface area contributed by atoms with Crippen LogP contribution in [0.25, 0.3) is 0 Å². The summed E-state index contributed by atoms with van der Waals surface area (Å²) in [7, 11) is 0. The summed E-state index contributed by atoms with van der Waals surface area (Å²) in [5, 5.41) is 0. The molecule has 1 fully saturated rings. The van der Waals surface area contributed by atoms with Crippen LogP contribution in [-0.4, -0.2) is 47.4 Å². The molecule has 4 rings (SSSR count). The van der Waals surface area contributed by atoms with E-state index < -0.39 is 0 Å². The standard InChI is InChI=1S/C32H40N2O3S/c1-3-4-6-10-26-15-17-28(18-16-26)32(36)34(22-29-13-9-20-37-29)24-31(35)33(21-27-11-7-5-8-12-27)23-30-19-14-25(2)38-30/h5,7-8,11-12,14-19,29H,3-4,6,9-10,13,20-24H2,1-2H3/t29-/m1/s1. The number of rotatable bonds is 13. The van der Waals surface area contributed by atoms with Crippen LogP contribution < -0.4 is 0 Å². The van der Waals surface area contributed by atoms with Crippen LogP contribution >= 0.6 is 11.3 Å². The normalized spacial score (nSPS) is 14.9. The van der Waals surface area contributed by atoms with Crippen molar-refractivity contribution in [2.75, 3.05) is 19.7 Å². The third-order valence-corrected chi connectivity index (χ3v) is 8.03. The fourth-order valence-corrected chi connectivity index (χ4v) is 5.79. The van der Waals surface area contributed by atoms with Crippen molar-refractivity contribution in [3.05, 3.63) is 93.2 Å². The first kappa shape index (κ1) is 28.1. The fraction of sp³-hybridized carbons (Fsp3) is 0.438. The zero-order chi connectivity index (χ0) is 26.7. The van der Waals surface area contributed by atoms with E-state index in [1.165, 1.54) is 23.3 Å². The van der Waals surface area contributed by atoms with E-state index >= 15 is 0 Å². The van der Waals surface area contributed by atoms with Crippen molar-refractivity contribution in [2.24, 2.45) is 0 Å². The Hall–Kier alpha value is -2.96. The van der Waals surface area contributed by atoms with Gasteiger partial charge in [-0.1, -0.05) is 62.2 Å². The van der Waals surface area contributed by atoms with E-state index in [0.717, 1.165) is 36.1 Å². The number of benzene rings is 2. The molecule has 1 aliphatic heterocycles. The average Bonchev–Trinajstić information content (AvgIpc) is 3.60. The van der Waals surface area contributed by atoms with Gasteiger partial charge in [0.1, 0.15) is 6.54 Å². The molecule has 5 nitrogen and oxygen atoms in total. The zero-order valence-corrected chi connectivity index (χ0v) is 23.6. The van der Waals surface area contributed by atoms with Crippen molar-refractivity contribution in [2.45, 2.75) is 71.6 Å². The smallest absolute Gasteiger partial charge is 0.254 e. The minimum atomic E-state index is -0.111. The second-order valence-corrected chi connectivity index (χ2v) is 11.6. The van der Waals surface area contributed by atoms with Gasteiger partial charge in [-0.25, -0.2) is 0 Å². The van der Waals surface area contributed by atoms with E-state index in [4.69, 9.17) is 4.74 Å². The highest BCUT2D eigenvalue weighted by Crippen LogP contribution is 2.20. The molecule has 6 heteroatoms. The zero-order valence-electron chi connectivity index (χ0n) is 22.7. The predicted molar refractivity (Wildman–Crippen MR) is 154 cm³/mol. The van der Waals surface area contributed by atoms with E-state index in [-0.39, 0.29) is 24.5 Å². The largest absolute Gasteiger partial charge is 0.376 e. The van der Waals surface area contributed by atoms with Crippen LogP contribution in [0.3, 0.4) is 0 Å². The van der Waals surface area contributed by atoms with E-state index in [1.54, 1.807) is 16.2 Å². The Morgan fingerprint density at radius 3 is 2.37 bits per heavy atom. The average molecular weight is 533 g/mol. The summed E-state index contributed by atoms with van der Waals surface area (Å²) in [6.07, 6.45) is 6.46. The monoisotopic (exact) mass is 532 g/mol. The lowest BCUT2D eigenvalue weighted by Gasteiger charge is -2.29. The topological polar surface area (TPSA) is 49.9 Å². The SMILES string of the molecule is CCCCCc1ccc(C(=O)N(CC(=O)N(Cc2ccccc2)Cc2ccc(C)s2)C[C@H]2CCCO2)cc1. The molecule has 3 aromatic rings. The maximum absolute atomic E-state index is 13.8. The molecule has 1 atom stereocenters. The molecule has 0 bridgehead atoms. The van der Waals surface area contributed by atoms with Crippen LogP contribution in [-0.2, 0) is 29.0 Å². The van der Waals surface area contributed by atoms with Crippen molar-refractivity contribution >= 4 is 23.2 Å². The van der Waals surface area contributed by atoms with Crippen LogP contribution in [0.1, 0.15) is 70.3 Å². The number of amides is 2. The van der Waals surface area contributed by atoms with Gasteiger partial charge in [0.15, 0.2) is 0 Å². The number of aryl methyl sites for hydroxylation is 2.